The van der Waals surface area contributed by atoms with Gasteiger partial charge in [0.1, 0.15) is 10.3 Å². The first-order valence-electron chi connectivity index (χ1n) is 8.83. The number of hydrogen-bond acceptors (Lipinski definition) is 5. The van der Waals surface area contributed by atoms with Crippen LogP contribution >= 0.6 is 15.9 Å². The first-order chi connectivity index (χ1) is 13.7. The van der Waals surface area contributed by atoms with Crippen LogP contribution in [0.3, 0.4) is 0 Å². The number of pyridine rings is 1. The van der Waals surface area contributed by atoms with Gasteiger partial charge in [0.15, 0.2) is 0 Å². The second kappa shape index (κ2) is 8.27. The second-order valence-electron chi connectivity index (χ2n) is 6.24. The maximum atomic E-state index is 12.4. The predicted molar refractivity (Wildman–Crippen MR) is 110 cm³/mol. The van der Waals surface area contributed by atoms with Gasteiger partial charge in [0.05, 0.1) is 0 Å². The van der Waals surface area contributed by atoms with Crippen molar-refractivity contribution in [3.63, 3.8) is 0 Å². The zero-order chi connectivity index (χ0) is 19.3. The molecule has 0 unspecified atom stereocenters. The van der Waals surface area contributed by atoms with Crippen molar-refractivity contribution in [2.45, 2.75) is 12.8 Å². The Bertz CT molecular complexity index is 1090. The van der Waals surface area contributed by atoms with E-state index in [1.165, 1.54) is 5.56 Å². The Kier molecular flexibility index (Phi) is 5.39. The summed E-state index contributed by atoms with van der Waals surface area (Å²) < 4.78 is 6.16. The SMILES string of the molecule is O=C(CCc1ccc(-c2ccccc2)cc1)c1nnc(-c2cccc(Br)n2)o1. The number of aryl methyl sites for hydroxylation is 1. The fourth-order valence-corrected chi connectivity index (χ4v) is 3.17. The van der Waals surface area contributed by atoms with Gasteiger partial charge in [-0.2, -0.15) is 0 Å². The normalized spacial score (nSPS) is 10.8. The third-order valence-corrected chi connectivity index (χ3v) is 4.74. The van der Waals surface area contributed by atoms with Crippen molar-refractivity contribution in [2.75, 3.05) is 0 Å². The highest BCUT2D eigenvalue weighted by Gasteiger charge is 2.16. The lowest BCUT2D eigenvalue weighted by Gasteiger charge is -2.04. The summed E-state index contributed by atoms with van der Waals surface area (Å²) >= 11 is 3.30. The van der Waals surface area contributed by atoms with E-state index >= 15 is 0 Å². The molecule has 0 saturated carbocycles. The Hall–Kier alpha value is -3.12. The second-order valence-corrected chi connectivity index (χ2v) is 7.06. The summed E-state index contributed by atoms with van der Waals surface area (Å²) in [7, 11) is 0. The van der Waals surface area contributed by atoms with Crippen molar-refractivity contribution in [3.05, 3.63) is 88.9 Å². The fourth-order valence-electron chi connectivity index (χ4n) is 2.83. The van der Waals surface area contributed by atoms with Gasteiger partial charge in [-0.25, -0.2) is 4.98 Å². The molecule has 0 spiro atoms. The summed E-state index contributed by atoms with van der Waals surface area (Å²) in [6.45, 7) is 0. The molecule has 4 rings (SSSR count). The molecule has 5 nitrogen and oxygen atoms in total. The van der Waals surface area contributed by atoms with Crippen molar-refractivity contribution < 1.29 is 9.21 Å². The minimum Gasteiger partial charge on any atom is -0.412 e. The summed E-state index contributed by atoms with van der Waals surface area (Å²) in [6, 6.07) is 23.8. The largest absolute Gasteiger partial charge is 0.412 e. The molecule has 28 heavy (non-hydrogen) atoms. The number of ketones is 1. The van der Waals surface area contributed by atoms with Crippen LogP contribution in [0.25, 0.3) is 22.7 Å². The van der Waals surface area contributed by atoms with Crippen LogP contribution in [0.4, 0.5) is 0 Å². The molecule has 4 aromatic rings. The van der Waals surface area contributed by atoms with Crippen molar-refractivity contribution in [1.29, 1.82) is 0 Å². The minimum atomic E-state index is -0.180. The summed E-state index contributed by atoms with van der Waals surface area (Å²) in [5, 5.41) is 7.79. The third-order valence-electron chi connectivity index (χ3n) is 4.30. The molecular formula is C22H16BrN3O2. The summed E-state index contributed by atoms with van der Waals surface area (Å²) in [5.74, 6) is 0.0652. The van der Waals surface area contributed by atoms with Gasteiger partial charge < -0.3 is 4.42 Å². The maximum absolute atomic E-state index is 12.4. The molecule has 0 aliphatic rings. The molecule has 6 heteroatoms. The molecule has 2 aromatic carbocycles. The van der Waals surface area contributed by atoms with E-state index in [1.807, 2.05) is 36.4 Å². The third kappa shape index (κ3) is 4.23. The van der Waals surface area contributed by atoms with E-state index < -0.39 is 0 Å². The Morgan fingerprint density at radius 2 is 1.61 bits per heavy atom. The monoisotopic (exact) mass is 433 g/mol. The number of rotatable bonds is 6. The zero-order valence-corrected chi connectivity index (χ0v) is 16.5. The minimum absolute atomic E-state index is 0.0117. The molecule has 0 amide bonds. The lowest BCUT2D eigenvalue weighted by molar-refractivity contribution is 0.0950. The molecule has 2 heterocycles. The topological polar surface area (TPSA) is 68.9 Å². The first-order valence-corrected chi connectivity index (χ1v) is 9.62. The molecule has 0 saturated heterocycles. The molecule has 0 radical (unpaired) electrons. The lowest BCUT2D eigenvalue weighted by atomic mass is 10.0. The van der Waals surface area contributed by atoms with Crippen LogP contribution in [0.2, 0.25) is 0 Å². The molecule has 0 aliphatic carbocycles. The Balaban J connectivity index is 1.39. The van der Waals surface area contributed by atoms with Gasteiger partial charge in [-0.1, -0.05) is 60.7 Å². The molecular weight excluding hydrogens is 418 g/mol. The van der Waals surface area contributed by atoms with E-state index in [4.69, 9.17) is 4.42 Å². The van der Waals surface area contributed by atoms with Crippen LogP contribution < -0.4 is 0 Å². The molecule has 0 N–H and O–H groups in total. The van der Waals surface area contributed by atoms with Gasteiger partial charge in [0.25, 0.3) is 11.8 Å². The predicted octanol–water partition coefficient (Wildman–Crippen LogP) is 5.38. The summed E-state index contributed by atoms with van der Waals surface area (Å²) in [5.41, 5.74) is 3.93. The van der Waals surface area contributed by atoms with E-state index in [1.54, 1.807) is 12.1 Å². The number of Topliss-reactive ketones (excluding diaryl/α,β-unsaturated/α-hetero) is 1. The van der Waals surface area contributed by atoms with Gasteiger partial charge in [-0.05, 0) is 51.2 Å². The molecule has 0 fully saturated rings. The van der Waals surface area contributed by atoms with Gasteiger partial charge >= 0.3 is 0 Å². The van der Waals surface area contributed by atoms with Crippen LogP contribution in [0.1, 0.15) is 22.7 Å². The Morgan fingerprint density at radius 3 is 2.36 bits per heavy atom. The van der Waals surface area contributed by atoms with Gasteiger partial charge in [-0.15, -0.1) is 10.2 Å². The highest BCUT2D eigenvalue weighted by molar-refractivity contribution is 9.10. The van der Waals surface area contributed by atoms with E-state index in [9.17, 15) is 4.79 Å². The number of halogens is 1. The summed E-state index contributed by atoms with van der Waals surface area (Å²) in [6.07, 6.45) is 0.916. The number of carbonyl (C=O) groups is 1. The zero-order valence-electron chi connectivity index (χ0n) is 14.9. The highest BCUT2D eigenvalue weighted by atomic mass is 79.9. The van der Waals surface area contributed by atoms with Crippen molar-refractivity contribution in [3.8, 4) is 22.7 Å². The van der Waals surface area contributed by atoms with Gasteiger partial charge in [0.2, 0.25) is 5.78 Å². The van der Waals surface area contributed by atoms with Crippen molar-refractivity contribution in [1.82, 2.24) is 15.2 Å². The molecule has 0 atom stereocenters. The van der Waals surface area contributed by atoms with E-state index in [-0.39, 0.29) is 17.6 Å². The smallest absolute Gasteiger partial charge is 0.284 e. The Morgan fingerprint density at radius 1 is 0.857 bits per heavy atom. The van der Waals surface area contributed by atoms with Crippen molar-refractivity contribution in [2.24, 2.45) is 0 Å². The Labute approximate surface area is 170 Å². The van der Waals surface area contributed by atoms with Crippen LogP contribution in [0, 0.1) is 0 Å². The van der Waals surface area contributed by atoms with E-state index in [0.717, 1.165) is 11.1 Å². The van der Waals surface area contributed by atoms with Gasteiger partial charge in [0, 0.05) is 6.42 Å². The number of benzene rings is 2. The van der Waals surface area contributed by atoms with Crippen LogP contribution in [-0.2, 0) is 6.42 Å². The number of hydrogen-bond donors (Lipinski definition) is 0. The molecule has 0 aliphatic heterocycles. The lowest BCUT2D eigenvalue weighted by Crippen LogP contribution is -2.01. The van der Waals surface area contributed by atoms with Crippen LogP contribution in [-0.4, -0.2) is 21.0 Å². The standard InChI is InChI=1S/C22H16BrN3O2/c23-20-8-4-7-18(24-20)21-25-26-22(28-21)19(27)14-11-15-9-12-17(13-10-15)16-5-2-1-3-6-16/h1-10,12-13H,11,14H2. The average Bonchev–Trinajstić information content (AvgIpc) is 3.24. The molecule has 2 aromatic heterocycles. The van der Waals surface area contributed by atoms with Gasteiger partial charge in [-0.3, -0.25) is 4.79 Å². The average molecular weight is 434 g/mol. The number of aromatic nitrogens is 3. The quantitative estimate of drug-likeness (QED) is 0.301. The van der Waals surface area contributed by atoms with E-state index in [2.05, 4.69) is 55.4 Å². The molecule has 0 bridgehead atoms. The van der Waals surface area contributed by atoms with Crippen LogP contribution in [0.5, 0.6) is 0 Å². The summed E-state index contributed by atoms with van der Waals surface area (Å²) in [4.78, 5) is 16.6. The van der Waals surface area contributed by atoms with E-state index in [0.29, 0.717) is 23.1 Å². The first kappa shape index (κ1) is 18.3. The number of carbonyl (C=O) groups excluding carboxylic acids is 1. The van der Waals surface area contributed by atoms with Crippen molar-refractivity contribution >= 4 is 21.7 Å². The highest BCUT2D eigenvalue weighted by Crippen LogP contribution is 2.21. The van der Waals surface area contributed by atoms with Crippen LogP contribution in [0.15, 0.2) is 81.8 Å². The number of nitrogens with zero attached hydrogens (tertiary/aromatic N) is 3. The molecule has 138 valence electrons. The fraction of sp³-hybridized carbons (Fsp3) is 0.0909. The maximum Gasteiger partial charge on any atom is 0.284 e.